The van der Waals surface area contributed by atoms with Crippen LogP contribution < -0.4 is 4.74 Å². The number of rotatable bonds is 4. The van der Waals surface area contributed by atoms with E-state index in [1.165, 1.54) is 0 Å². The van der Waals surface area contributed by atoms with E-state index in [1.54, 1.807) is 55.5 Å². The van der Waals surface area contributed by atoms with E-state index in [0.717, 1.165) is 5.56 Å². The Morgan fingerprint density at radius 3 is 2.64 bits per heavy atom. The van der Waals surface area contributed by atoms with Gasteiger partial charge < -0.3 is 9.84 Å². The lowest BCUT2D eigenvalue weighted by Gasteiger charge is -2.32. The topological polar surface area (TPSA) is 62.1 Å². The number of hydrogen-bond donors (Lipinski definition) is 1. The molecule has 0 saturated carbocycles. The Morgan fingerprint density at radius 2 is 2.00 bits per heavy atom. The molecule has 0 saturated heterocycles. The molecule has 3 rings (SSSR count). The maximum atomic E-state index is 13.6. The highest BCUT2D eigenvalue weighted by Gasteiger charge is 2.63. The van der Waals surface area contributed by atoms with Crippen molar-refractivity contribution >= 4 is 27.5 Å². The first-order valence-corrected chi connectivity index (χ1v) is 9.05. The van der Waals surface area contributed by atoms with Crippen LogP contribution in [-0.2, 0) is 4.79 Å². The molecule has 0 unspecified atom stereocenters. The van der Waals surface area contributed by atoms with Crippen LogP contribution in [0, 0.1) is 6.92 Å². The molecule has 1 aliphatic rings. The second-order valence-electron chi connectivity index (χ2n) is 6.31. The molecule has 0 spiro atoms. The largest absolute Gasteiger partial charge is 0.483 e. The summed E-state index contributed by atoms with van der Waals surface area (Å²) < 4.78 is 46.7. The summed E-state index contributed by atoms with van der Waals surface area (Å²) in [4.78, 5) is 12.5. The molecule has 1 atom stereocenters. The maximum Gasteiger partial charge on any atom is 0.438 e. The highest BCUT2D eigenvalue weighted by Crippen LogP contribution is 2.41. The van der Waals surface area contributed by atoms with Gasteiger partial charge in [0.15, 0.2) is 6.61 Å². The molecule has 1 aliphatic heterocycles. The van der Waals surface area contributed by atoms with Crippen LogP contribution >= 0.6 is 15.9 Å². The van der Waals surface area contributed by atoms with E-state index >= 15 is 0 Å². The average Bonchev–Trinajstić information content (AvgIpc) is 3.00. The van der Waals surface area contributed by atoms with Gasteiger partial charge >= 0.3 is 6.18 Å². The Kier molecular flexibility index (Phi) is 5.49. The van der Waals surface area contributed by atoms with E-state index in [2.05, 4.69) is 21.0 Å². The van der Waals surface area contributed by atoms with Gasteiger partial charge in [-0.3, -0.25) is 4.79 Å². The van der Waals surface area contributed by atoms with Gasteiger partial charge in [0.1, 0.15) is 5.75 Å². The summed E-state index contributed by atoms with van der Waals surface area (Å²) in [5.41, 5.74) is -2.39. The van der Waals surface area contributed by atoms with Crippen molar-refractivity contribution in [2.75, 3.05) is 6.61 Å². The second-order valence-corrected chi connectivity index (χ2v) is 7.22. The minimum absolute atomic E-state index is 0.0506. The van der Waals surface area contributed by atoms with E-state index < -0.39 is 30.8 Å². The zero-order valence-corrected chi connectivity index (χ0v) is 16.3. The van der Waals surface area contributed by atoms with E-state index in [0.29, 0.717) is 15.8 Å². The Hall–Kier alpha value is -2.39. The lowest BCUT2D eigenvalue weighted by molar-refractivity contribution is -0.302. The highest BCUT2D eigenvalue weighted by atomic mass is 79.9. The molecule has 148 valence electrons. The smallest absolute Gasteiger partial charge is 0.438 e. The molecule has 0 aliphatic carbocycles. The number of carbonyl (C=O) groups excluding carboxylic acids is 1. The van der Waals surface area contributed by atoms with Crippen LogP contribution in [-0.4, -0.2) is 40.2 Å². The van der Waals surface area contributed by atoms with E-state index in [1.807, 2.05) is 0 Å². The Labute approximate surface area is 167 Å². The summed E-state index contributed by atoms with van der Waals surface area (Å²) in [7, 11) is 0. The summed E-state index contributed by atoms with van der Waals surface area (Å²) in [6, 6.07) is 13.2. The highest BCUT2D eigenvalue weighted by molar-refractivity contribution is 9.10. The normalized spacial score (nSPS) is 19.5. The van der Waals surface area contributed by atoms with Crippen LogP contribution in [0.25, 0.3) is 0 Å². The molecular weight excluding hydrogens is 441 g/mol. The van der Waals surface area contributed by atoms with Crippen molar-refractivity contribution in [2.24, 2.45) is 5.10 Å². The van der Waals surface area contributed by atoms with Gasteiger partial charge in [-0.05, 0) is 36.2 Å². The fraction of sp³-hybridized carbons (Fsp3) is 0.263. The number of hydrazone groups is 1. The number of alkyl halides is 3. The number of amides is 1. The van der Waals surface area contributed by atoms with Crippen LogP contribution in [0.2, 0.25) is 0 Å². The number of nitrogens with zero attached hydrogens (tertiary/aromatic N) is 2. The van der Waals surface area contributed by atoms with Crippen molar-refractivity contribution in [1.29, 1.82) is 0 Å². The molecule has 28 heavy (non-hydrogen) atoms. The third-order valence-corrected chi connectivity index (χ3v) is 4.77. The Balaban J connectivity index is 1.88. The van der Waals surface area contributed by atoms with Gasteiger partial charge in [0.2, 0.25) is 0 Å². The van der Waals surface area contributed by atoms with Crippen molar-refractivity contribution in [3.05, 3.63) is 64.1 Å². The van der Waals surface area contributed by atoms with Gasteiger partial charge in [-0.1, -0.05) is 46.3 Å². The third-order valence-electron chi connectivity index (χ3n) is 4.28. The number of para-hydroxylation sites is 1. The SMILES string of the molecule is Cc1ccccc1OCC(=O)N1N=C(c2cccc(Br)c2)C[C@]1(O)C(F)(F)F. The number of ether oxygens (including phenoxy) is 1. The molecule has 9 heteroatoms. The molecular formula is C19H16BrF3N2O3. The summed E-state index contributed by atoms with van der Waals surface area (Å²) in [6.07, 6.45) is -5.97. The van der Waals surface area contributed by atoms with Crippen molar-refractivity contribution in [1.82, 2.24) is 5.01 Å². The molecule has 2 aromatic rings. The minimum Gasteiger partial charge on any atom is -0.483 e. The van der Waals surface area contributed by atoms with E-state index in [4.69, 9.17) is 4.74 Å². The predicted octanol–water partition coefficient (Wildman–Crippen LogP) is 4.02. The first kappa shape index (κ1) is 20.3. The lowest BCUT2D eigenvalue weighted by atomic mass is 10.0. The average molecular weight is 457 g/mol. The Morgan fingerprint density at radius 1 is 1.29 bits per heavy atom. The molecule has 1 amide bonds. The van der Waals surface area contributed by atoms with Gasteiger partial charge in [0.25, 0.3) is 11.6 Å². The second kappa shape index (κ2) is 7.56. The zero-order valence-electron chi connectivity index (χ0n) is 14.7. The Bertz CT molecular complexity index is 933. The molecule has 2 aromatic carbocycles. The third kappa shape index (κ3) is 3.90. The van der Waals surface area contributed by atoms with Crippen molar-refractivity contribution < 1.29 is 27.8 Å². The fourth-order valence-corrected chi connectivity index (χ4v) is 3.18. The van der Waals surface area contributed by atoms with Crippen molar-refractivity contribution in [3.63, 3.8) is 0 Å². The minimum atomic E-state index is -5.09. The number of aliphatic hydroxyl groups is 1. The first-order valence-electron chi connectivity index (χ1n) is 8.26. The monoisotopic (exact) mass is 456 g/mol. The fourth-order valence-electron chi connectivity index (χ4n) is 2.78. The summed E-state index contributed by atoms with van der Waals surface area (Å²) in [5.74, 6) is -0.741. The lowest BCUT2D eigenvalue weighted by Crippen LogP contribution is -2.57. The molecule has 1 N–H and O–H groups in total. The summed E-state index contributed by atoms with van der Waals surface area (Å²) in [6.45, 7) is 1.05. The number of hydrogen-bond acceptors (Lipinski definition) is 4. The van der Waals surface area contributed by atoms with Crippen molar-refractivity contribution in [3.8, 4) is 5.75 Å². The van der Waals surface area contributed by atoms with Gasteiger partial charge in [-0.25, -0.2) is 0 Å². The maximum absolute atomic E-state index is 13.6. The molecule has 0 radical (unpaired) electrons. The summed E-state index contributed by atoms with van der Waals surface area (Å²) in [5, 5.41) is 14.2. The van der Waals surface area contributed by atoms with Gasteiger partial charge in [-0.2, -0.15) is 23.3 Å². The van der Waals surface area contributed by atoms with Crippen LogP contribution in [0.3, 0.4) is 0 Å². The number of benzene rings is 2. The first-order chi connectivity index (χ1) is 13.1. The molecule has 0 fully saturated rings. The van der Waals surface area contributed by atoms with Gasteiger partial charge in [-0.15, -0.1) is 0 Å². The standard InChI is InChI=1S/C19H16BrF3N2O3/c1-12-5-2-3-8-16(12)28-11-17(26)25-18(27,19(21,22)23)10-15(24-25)13-6-4-7-14(20)9-13/h2-9,27H,10-11H2,1H3/t18-/m0/s1. The van der Waals surface area contributed by atoms with Crippen LogP contribution in [0.15, 0.2) is 58.1 Å². The number of halogens is 4. The molecule has 5 nitrogen and oxygen atoms in total. The zero-order chi connectivity index (χ0) is 20.5. The van der Waals surface area contributed by atoms with E-state index in [-0.39, 0.29) is 10.7 Å². The van der Waals surface area contributed by atoms with Crippen LogP contribution in [0.4, 0.5) is 13.2 Å². The predicted molar refractivity (Wildman–Crippen MR) is 99.8 cm³/mol. The van der Waals surface area contributed by atoms with Crippen LogP contribution in [0.1, 0.15) is 17.5 Å². The quantitative estimate of drug-likeness (QED) is 0.755. The van der Waals surface area contributed by atoms with Gasteiger partial charge in [0.05, 0.1) is 12.1 Å². The van der Waals surface area contributed by atoms with Crippen LogP contribution in [0.5, 0.6) is 5.75 Å². The summed E-state index contributed by atoms with van der Waals surface area (Å²) >= 11 is 3.24. The number of carbonyl (C=O) groups is 1. The molecule has 1 heterocycles. The number of aryl methyl sites for hydroxylation is 1. The van der Waals surface area contributed by atoms with Gasteiger partial charge in [0, 0.05) is 4.47 Å². The van der Waals surface area contributed by atoms with E-state index in [9.17, 15) is 23.1 Å². The molecule has 0 aromatic heterocycles. The molecule has 0 bridgehead atoms. The van der Waals surface area contributed by atoms with Crippen molar-refractivity contribution in [2.45, 2.75) is 25.2 Å².